The van der Waals surface area contributed by atoms with Crippen molar-refractivity contribution in [3.05, 3.63) is 64.7 Å². The van der Waals surface area contributed by atoms with E-state index in [0.29, 0.717) is 11.3 Å². The first-order chi connectivity index (χ1) is 12.2. The quantitative estimate of drug-likeness (QED) is 0.821. The molecule has 0 atom stereocenters. The van der Waals surface area contributed by atoms with Gasteiger partial charge >= 0.3 is 0 Å². The number of amides is 1. The number of carbonyl (C=O) groups is 1. The molecule has 3 rings (SSSR count). The highest BCUT2D eigenvalue weighted by Crippen LogP contribution is 2.20. The van der Waals surface area contributed by atoms with E-state index in [0.717, 1.165) is 44.2 Å². The van der Waals surface area contributed by atoms with E-state index < -0.39 is 0 Å². The molecule has 1 amide bonds. The Bertz CT molecular complexity index is 710. The molecule has 0 N–H and O–H groups in total. The smallest absolute Gasteiger partial charge is 0.257 e. The first-order valence-corrected chi connectivity index (χ1v) is 8.94. The Morgan fingerprint density at radius 3 is 2.40 bits per heavy atom. The van der Waals surface area contributed by atoms with Crippen LogP contribution >= 0.6 is 11.6 Å². The van der Waals surface area contributed by atoms with E-state index in [-0.39, 0.29) is 5.91 Å². The molecule has 0 aliphatic carbocycles. The predicted octanol–water partition coefficient (Wildman–Crippen LogP) is 3.35. The van der Waals surface area contributed by atoms with E-state index in [1.807, 2.05) is 41.3 Å². The fourth-order valence-electron chi connectivity index (χ4n) is 3.10. The molecule has 1 aliphatic rings. The maximum atomic E-state index is 12.7. The number of benzene rings is 2. The lowest BCUT2D eigenvalue weighted by Crippen LogP contribution is -2.49. The SMILES string of the molecule is COc1ccccc1C(=O)N1CCN(CCc2ccc(Cl)cc2)CC1. The van der Waals surface area contributed by atoms with Gasteiger partial charge in [0.25, 0.3) is 5.91 Å². The average molecular weight is 359 g/mol. The van der Waals surface area contributed by atoms with Crippen molar-refractivity contribution in [1.29, 1.82) is 0 Å². The van der Waals surface area contributed by atoms with Crippen LogP contribution < -0.4 is 4.74 Å². The second-order valence-electron chi connectivity index (χ2n) is 6.21. The second kappa shape index (κ2) is 8.37. The molecule has 2 aromatic carbocycles. The van der Waals surface area contributed by atoms with Gasteiger partial charge in [-0.15, -0.1) is 0 Å². The summed E-state index contributed by atoms with van der Waals surface area (Å²) in [5.74, 6) is 0.687. The predicted molar refractivity (Wildman–Crippen MR) is 100 cm³/mol. The van der Waals surface area contributed by atoms with Crippen LogP contribution in [-0.4, -0.2) is 55.5 Å². The van der Waals surface area contributed by atoms with Gasteiger partial charge < -0.3 is 9.64 Å². The Morgan fingerprint density at radius 1 is 1.04 bits per heavy atom. The Labute approximate surface area is 154 Å². The van der Waals surface area contributed by atoms with Gasteiger partial charge in [0.15, 0.2) is 0 Å². The Balaban J connectivity index is 1.51. The van der Waals surface area contributed by atoms with Gasteiger partial charge in [-0.1, -0.05) is 35.9 Å². The number of carbonyl (C=O) groups excluding carboxylic acids is 1. The van der Waals surface area contributed by atoms with Gasteiger partial charge in [0.2, 0.25) is 0 Å². The van der Waals surface area contributed by atoms with Crippen LogP contribution in [0, 0.1) is 0 Å². The third-order valence-corrected chi connectivity index (χ3v) is 4.88. The monoisotopic (exact) mass is 358 g/mol. The number of para-hydroxylation sites is 1. The van der Waals surface area contributed by atoms with Crippen LogP contribution in [-0.2, 0) is 6.42 Å². The lowest BCUT2D eigenvalue weighted by Gasteiger charge is -2.35. The van der Waals surface area contributed by atoms with Gasteiger partial charge in [-0.3, -0.25) is 9.69 Å². The third-order valence-electron chi connectivity index (χ3n) is 4.63. The molecule has 2 aromatic rings. The molecular formula is C20H23ClN2O2. The molecule has 5 heteroatoms. The molecule has 0 spiro atoms. The van der Waals surface area contributed by atoms with Gasteiger partial charge in [0.05, 0.1) is 12.7 Å². The maximum absolute atomic E-state index is 12.7. The lowest BCUT2D eigenvalue weighted by molar-refractivity contribution is 0.0635. The minimum atomic E-state index is 0.0507. The van der Waals surface area contributed by atoms with E-state index in [1.54, 1.807) is 7.11 Å². The van der Waals surface area contributed by atoms with E-state index in [9.17, 15) is 4.79 Å². The Kier molecular flexibility index (Phi) is 5.95. The van der Waals surface area contributed by atoms with E-state index in [2.05, 4.69) is 17.0 Å². The number of hydrogen-bond acceptors (Lipinski definition) is 3. The van der Waals surface area contributed by atoms with E-state index in [4.69, 9.17) is 16.3 Å². The van der Waals surface area contributed by atoms with Gasteiger partial charge in [0, 0.05) is 37.7 Å². The van der Waals surface area contributed by atoms with Crippen LogP contribution in [0.2, 0.25) is 5.02 Å². The number of ether oxygens (including phenoxy) is 1. The Hall–Kier alpha value is -2.04. The summed E-state index contributed by atoms with van der Waals surface area (Å²) >= 11 is 5.92. The number of methoxy groups -OCH3 is 1. The maximum Gasteiger partial charge on any atom is 0.257 e. The molecule has 0 radical (unpaired) electrons. The summed E-state index contributed by atoms with van der Waals surface area (Å²) in [6.45, 7) is 4.29. The fourth-order valence-corrected chi connectivity index (χ4v) is 3.23. The molecule has 0 saturated carbocycles. The van der Waals surface area contributed by atoms with Crippen molar-refractivity contribution in [3.8, 4) is 5.75 Å². The number of halogens is 1. The summed E-state index contributed by atoms with van der Waals surface area (Å²) in [5, 5.41) is 0.771. The molecule has 1 fully saturated rings. The van der Waals surface area contributed by atoms with Crippen LogP contribution in [0.25, 0.3) is 0 Å². The number of piperazine rings is 1. The second-order valence-corrected chi connectivity index (χ2v) is 6.65. The van der Waals surface area contributed by atoms with Crippen molar-refractivity contribution in [2.45, 2.75) is 6.42 Å². The molecule has 25 heavy (non-hydrogen) atoms. The van der Waals surface area contributed by atoms with Crippen molar-refractivity contribution < 1.29 is 9.53 Å². The summed E-state index contributed by atoms with van der Waals surface area (Å²) in [4.78, 5) is 17.0. The van der Waals surface area contributed by atoms with Crippen molar-refractivity contribution in [3.63, 3.8) is 0 Å². The normalized spacial score (nSPS) is 15.2. The molecular weight excluding hydrogens is 336 g/mol. The van der Waals surface area contributed by atoms with Gasteiger partial charge in [0.1, 0.15) is 5.75 Å². The van der Waals surface area contributed by atoms with Crippen molar-refractivity contribution in [2.24, 2.45) is 0 Å². The topological polar surface area (TPSA) is 32.8 Å². The minimum absolute atomic E-state index is 0.0507. The molecule has 1 saturated heterocycles. The van der Waals surface area contributed by atoms with Crippen LogP contribution in [0.4, 0.5) is 0 Å². The number of hydrogen-bond donors (Lipinski definition) is 0. The largest absolute Gasteiger partial charge is 0.496 e. The molecule has 0 aromatic heterocycles. The minimum Gasteiger partial charge on any atom is -0.496 e. The number of rotatable bonds is 5. The summed E-state index contributed by atoms with van der Waals surface area (Å²) < 4.78 is 5.31. The van der Waals surface area contributed by atoms with Gasteiger partial charge in [-0.25, -0.2) is 0 Å². The zero-order valence-electron chi connectivity index (χ0n) is 14.5. The molecule has 0 bridgehead atoms. The zero-order chi connectivity index (χ0) is 17.6. The third kappa shape index (κ3) is 4.53. The van der Waals surface area contributed by atoms with Crippen LogP contribution in [0.5, 0.6) is 5.75 Å². The Morgan fingerprint density at radius 2 is 1.72 bits per heavy atom. The van der Waals surface area contributed by atoms with Gasteiger partial charge in [-0.2, -0.15) is 0 Å². The highest BCUT2D eigenvalue weighted by molar-refractivity contribution is 6.30. The van der Waals surface area contributed by atoms with Crippen LogP contribution in [0.3, 0.4) is 0 Å². The standard InChI is InChI=1S/C20H23ClN2O2/c1-25-19-5-3-2-4-18(19)20(24)23-14-12-22(13-15-23)11-10-16-6-8-17(21)9-7-16/h2-9H,10-15H2,1H3. The highest BCUT2D eigenvalue weighted by atomic mass is 35.5. The molecule has 1 heterocycles. The van der Waals surface area contributed by atoms with Crippen LogP contribution in [0.1, 0.15) is 15.9 Å². The summed E-state index contributed by atoms with van der Waals surface area (Å²) in [7, 11) is 1.60. The van der Waals surface area contributed by atoms with E-state index >= 15 is 0 Å². The summed E-state index contributed by atoms with van der Waals surface area (Å²) in [6, 6.07) is 15.4. The molecule has 4 nitrogen and oxygen atoms in total. The summed E-state index contributed by atoms with van der Waals surface area (Å²) in [5.41, 5.74) is 1.93. The van der Waals surface area contributed by atoms with E-state index in [1.165, 1.54) is 5.56 Å². The summed E-state index contributed by atoms with van der Waals surface area (Å²) in [6.07, 6.45) is 0.998. The molecule has 132 valence electrons. The molecule has 0 unspecified atom stereocenters. The van der Waals surface area contributed by atoms with Crippen LogP contribution in [0.15, 0.2) is 48.5 Å². The highest BCUT2D eigenvalue weighted by Gasteiger charge is 2.23. The van der Waals surface area contributed by atoms with Gasteiger partial charge in [-0.05, 0) is 36.2 Å². The zero-order valence-corrected chi connectivity index (χ0v) is 15.2. The van der Waals surface area contributed by atoms with Crippen molar-refractivity contribution >= 4 is 17.5 Å². The van der Waals surface area contributed by atoms with Crippen molar-refractivity contribution in [1.82, 2.24) is 9.80 Å². The lowest BCUT2D eigenvalue weighted by atomic mass is 10.1. The number of nitrogens with zero attached hydrogens (tertiary/aromatic N) is 2. The van der Waals surface area contributed by atoms with Crippen molar-refractivity contribution in [2.75, 3.05) is 39.8 Å². The first kappa shape index (κ1) is 17.8. The average Bonchev–Trinajstić information content (AvgIpc) is 2.67. The molecule has 1 aliphatic heterocycles. The fraction of sp³-hybridized carbons (Fsp3) is 0.350. The first-order valence-electron chi connectivity index (χ1n) is 8.56.